The van der Waals surface area contributed by atoms with Crippen molar-refractivity contribution in [3.63, 3.8) is 0 Å². The van der Waals surface area contributed by atoms with Crippen LogP contribution in [-0.2, 0) is 21.1 Å². The molecule has 272 valence electrons. The van der Waals surface area contributed by atoms with Crippen LogP contribution in [-0.4, -0.2) is 23.2 Å². The minimum Gasteiger partial charge on any atom is -0.357 e. The monoisotopic (exact) mass is 908 g/mol. The van der Waals surface area contributed by atoms with Crippen LogP contribution in [0.1, 0.15) is 13.8 Å². The number of rotatable bonds is 7. The molecular weight excluding hydrogens is 866 g/mol. The number of aryl methyl sites for hydroxylation is 1. The van der Waals surface area contributed by atoms with Crippen molar-refractivity contribution in [1.82, 2.24) is 9.55 Å². The van der Waals surface area contributed by atoms with E-state index in [1.807, 2.05) is 107 Å². The van der Waals surface area contributed by atoms with Crippen LogP contribution >= 0.6 is 0 Å². The Bertz CT molecular complexity index is 3020. The van der Waals surface area contributed by atoms with Crippen molar-refractivity contribution < 1.29 is 29.3 Å². The Hall–Kier alpha value is -6.42. The Balaban J connectivity index is 0.00000490. The van der Waals surface area contributed by atoms with Gasteiger partial charge in [-0.25, -0.2) is 4.98 Å². The summed E-state index contributed by atoms with van der Waals surface area (Å²) in [4.78, 5) is 10.3. The van der Waals surface area contributed by atoms with Crippen LogP contribution in [0.5, 0.6) is 0 Å². The van der Waals surface area contributed by atoms with Crippen LogP contribution in [0.3, 0.4) is 0 Å². The maximum Gasteiger partial charge on any atom is 2.00 e. The number of benzene rings is 7. The van der Waals surface area contributed by atoms with Gasteiger partial charge in [0.15, 0.2) is 0 Å². The molecule has 0 aliphatic carbocycles. The Morgan fingerprint density at radius 1 is 0.625 bits per heavy atom. The molecule has 5 nitrogen and oxygen atoms in total. The second-order valence-electron chi connectivity index (χ2n) is 13.5. The minimum absolute atomic E-state index is 0. The van der Waals surface area contributed by atoms with E-state index in [1.165, 1.54) is 11.0 Å². The zero-order valence-corrected chi connectivity index (χ0v) is 32.3. The van der Waals surface area contributed by atoms with Crippen molar-refractivity contribution in [1.29, 1.82) is 0 Å². The summed E-state index contributed by atoms with van der Waals surface area (Å²) >= 11 is 0. The fraction of sp³-hybridized carbons (Fsp3) is 0.0600. The number of para-hydroxylation sites is 4. The molecule has 0 radical (unpaired) electrons. The molecule has 10 rings (SSSR count). The Kier molecular flexibility index (Phi) is 7.58. The smallest absolute Gasteiger partial charge is 0.357 e. The van der Waals surface area contributed by atoms with Crippen molar-refractivity contribution in [2.75, 3.05) is 28.3 Å². The summed E-state index contributed by atoms with van der Waals surface area (Å²) in [6.07, 6.45) is 1.54. The first-order valence-electron chi connectivity index (χ1n) is 21.2. The summed E-state index contributed by atoms with van der Waals surface area (Å²) in [5, 5.41) is 1.90. The number of nitrogens with zero attached hydrogens (tertiary/aromatic N) is 5. The van der Waals surface area contributed by atoms with E-state index in [-0.39, 0.29) is 33.3 Å². The largest absolute Gasteiger partial charge is 2.00 e. The van der Waals surface area contributed by atoms with Gasteiger partial charge in [0.05, 0.1) is 23.7 Å². The van der Waals surface area contributed by atoms with Crippen LogP contribution in [0.25, 0.3) is 49.9 Å². The van der Waals surface area contributed by atoms with Crippen molar-refractivity contribution in [3.8, 4) is 28.1 Å². The van der Waals surface area contributed by atoms with E-state index in [4.69, 9.17) is 13.2 Å². The molecule has 2 aromatic heterocycles. The second-order valence-corrected chi connectivity index (χ2v) is 13.5. The van der Waals surface area contributed by atoms with Gasteiger partial charge in [0.25, 0.3) is 0 Å². The molecular formula is C50H37N5Pt. The average Bonchev–Trinajstić information content (AvgIpc) is 3.84. The van der Waals surface area contributed by atoms with E-state index >= 15 is 0 Å². The molecule has 1 aliphatic rings. The Labute approximate surface area is 350 Å². The standard InChI is InChI=1S/C50H37N5.Pt/c1-35-29-30-51-49(31-35)55-45-24-10-9-21-43(45)44-28-27-40(33-48(44)55)54(39-20-13-19-38(32-39)53-34-52(2)46-25-11-12-26-47(46)53)50-41(36-15-5-3-6-16-36)22-14-23-42(50)37-17-7-4-8-18-37;/h3-31H,34H2,1-2H3;/q-2;+2/i1D3,2D3;. The Morgan fingerprint density at radius 2 is 1.30 bits per heavy atom. The molecule has 56 heavy (non-hydrogen) atoms. The van der Waals surface area contributed by atoms with E-state index < -0.39 is 13.8 Å². The summed E-state index contributed by atoms with van der Waals surface area (Å²) < 4.78 is 51.6. The summed E-state index contributed by atoms with van der Waals surface area (Å²) in [6.45, 7) is -4.56. The average molecular weight is 909 g/mol. The molecule has 0 atom stereocenters. The molecule has 0 amide bonds. The van der Waals surface area contributed by atoms with Crippen LogP contribution in [0.15, 0.2) is 176 Å². The maximum atomic E-state index is 8.36. The van der Waals surface area contributed by atoms with Crippen molar-refractivity contribution >= 4 is 55.9 Å². The summed E-state index contributed by atoms with van der Waals surface area (Å²) in [7, 11) is 0. The first-order chi connectivity index (χ1) is 29.5. The number of anilines is 6. The van der Waals surface area contributed by atoms with Gasteiger partial charge in [-0.2, -0.15) is 12.1 Å². The number of pyridine rings is 1. The predicted molar refractivity (Wildman–Crippen MR) is 228 cm³/mol. The van der Waals surface area contributed by atoms with Gasteiger partial charge in [-0.05, 0) is 59.3 Å². The molecule has 0 N–H and O–H groups in total. The summed E-state index contributed by atoms with van der Waals surface area (Å²) in [5.41, 5.74) is 10.1. The zero-order valence-electron chi connectivity index (χ0n) is 36.0. The van der Waals surface area contributed by atoms with Crippen LogP contribution in [0.2, 0.25) is 0 Å². The van der Waals surface area contributed by atoms with Crippen molar-refractivity contribution in [2.24, 2.45) is 0 Å². The van der Waals surface area contributed by atoms with Gasteiger partial charge in [0, 0.05) is 38.0 Å². The predicted octanol–water partition coefficient (Wildman–Crippen LogP) is 12.4. The molecule has 9 aromatic rings. The van der Waals surface area contributed by atoms with Gasteiger partial charge < -0.3 is 19.3 Å². The van der Waals surface area contributed by atoms with Gasteiger partial charge in [0.1, 0.15) is 5.82 Å². The van der Waals surface area contributed by atoms with Crippen molar-refractivity contribution in [2.45, 2.75) is 6.85 Å². The molecule has 0 unspecified atom stereocenters. The summed E-state index contributed by atoms with van der Waals surface area (Å²) in [6, 6.07) is 63.2. The third-order valence-corrected chi connectivity index (χ3v) is 10.3. The fourth-order valence-electron chi connectivity index (χ4n) is 7.80. The third kappa shape index (κ3) is 6.05. The SMILES string of the molecule is [2H]C([2H])([2H])c1ccnc(-n2c3[c-]c(N(c4[c-]c(N5CN(C([2H])([2H])[2H])c6ccccc65)ccc4)c4c(-c5ccccc5)cccc4-c4ccccc4)ccc3c3ccccc32)c1.[Pt+2]. The van der Waals surface area contributed by atoms with Crippen LogP contribution in [0.4, 0.5) is 34.1 Å². The van der Waals surface area contributed by atoms with E-state index in [0.29, 0.717) is 28.6 Å². The van der Waals surface area contributed by atoms with E-state index in [1.54, 1.807) is 12.3 Å². The molecule has 0 bridgehead atoms. The summed E-state index contributed by atoms with van der Waals surface area (Å²) in [5.74, 6) is 0.467. The number of fused-ring (bicyclic) bond motifs is 4. The van der Waals surface area contributed by atoms with E-state index in [2.05, 4.69) is 77.7 Å². The quantitative estimate of drug-likeness (QED) is 0.149. The molecule has 0 saturated heterocycles. The molecule has 1 aliphatic heterocycles. The van der Waals surface area contributed by atoms with Gasteiger partial charge in [-0.1, -0.05) is 132 Å². The topological polar surface area (TPSA) is 27.5 Å². The molecule has 0 saturated carbocycles. The molecule has 0 fully saturated rings. The zero-order chi connectivity index (χ0) is 41.9. The van der Waals surface area contributed by atoms with E-state index in [9.17, 15) is 0 Å². The fourth-order valence-corrected chi connectivity index (χ4v) is 7.80. The number of hydrogen-bond donors (Lipinski definition) is 0. The number of hydrogen-bond acceptors (Lipinski definition) is 4. The van der Waals surface area contributed by atoms with Gasteiger partial charge in [-0.3, -0.25) is 0 Å². The van der Waals surface area contributed by atoms with Gasteiger partial charge in [0.2, 0.25) is 0 Å². The van der Waals surface area contributed by atoms with Gasteiger partial charge >= 0.3 is 21.1 Å². The Morgan fingerprint density at radius 3 is 2.05 bits per heavy atom. The normalized spacial score (nSPS) is 14.2. The first-order valence-corrected chi connectivity index (χ1v) is 18.2. The molecule has 6 heteroatoms. The maximum absolute atomic E-state index is 8.36. The molecule has 7 aromatic carbocycles. The first kappa shape index (κ1) is 28.9. The van der Waals surface area contributed by atoms with Crippen LogP contribution in [0, 0.1) is 19.0 Å². The van der Waals surface area contributed by atoms with Crippen LogP contribution < -0.4 is 14.7 Å². The van der Waals surface area contributed by atoms with Crippen molar-refractivity contribution in [3.05, 3.63) is 194 Å². The third-order valence-electron chi connectivity index (χ3n) is 10.3. The van der Waals surface area contributed by atoms with E-state index in [0.717, 1.165) is 55.4 Å². The second kappa shape index (κ2) is 14.7. The van der Waals surface area contributed by atoms with Gasteiger partial charge in [-0.15, -0.1) is 35.7 Å². The minimum atomic E-state index is -2.35. The molecule has 3 heterocycles. The number of aromatic nitrogens is 2. The molecule has 0 spiro atoms.